The summed E-state index contributed by atoms with van der Waals surface area (Å²) in [5.74, 6) is 0. The molecule has 1 amide bonds. The number of hydrogen-bond donors (Lipinski definition) is 2. The van der Waals surface area contributed by atoms with Crippen molar-refractivity contribution < 1.29 is 9.53 Å². The van der Waals surface area contributed by atoms with Crippen LogP contribution in [-0.4, -0.2) is 24.8 Å². The van der Waals surface area contributed by atoms with Gasteiger partial charge in [-0.2, -0.15) is 0 Å². The van der Waals surface area contributed by atoms with Gasteiger partial charge in [-0.05, 0) is 54.9 Å². The van der Waals surface area contributed by atoms with E-state index in [0.29, 0.717) is 18.1 Å². The van der Waals surface area contributed by atoms with E-state index in [0.717, 1.165) is 10.2 Å². The Labute approximate surface area is 127 Å². The van der Waals surface area contributed by atoms with Gasteiger partial charge in [-0.3, -0.25) is 0 Å². The van der Waals surface area contributed by atoms with E-state index in [1.807, 2.05) is 32.9 Å². The molecule has 0 saturated carbocycles. The minimum Gasteiger partial charge on any atom is -0.444 e. The SMILES string of the molecule is CC(C)(C)OC(=O)NCCNc1ccc(Cl)c(Br)c1. The van der Waals surface area contributed by atoms with Crippen molar-refractivity contribution in [1.82, 2.24) is 5.32 Å². The molecular formula is C13H18BrClN2O2. The van der Waals surface area contributed by atoms with E-state index in [4.69, 9.17) is 16.3 Å². The second kappa shape index (κ2) is 7.01. The summed E-state index contributed by atoms with van der Waals surface area (Å²) in [5.41, 5.74) is 0.459. The van der Waals surface area contributed by atoms with Gasteiger partial charge in [0.2, 0.25) is 0 Å². The predicted molar refractivity (Wildman–Crippen MR) is 81.9 cm³/mol. The zero-order valence-corrected chi connectivity index (χ0v) is 13.6. The van der Waals surface area contributed by atoms with Crippen molar-refractivity contribution in [2.45, 2.75) is 26.4 Å². The lowest BCUT2D eigenvalue weighted by atomic mass is 10.2. The number of benzene rings is 1. The zero-order chi connectivity index (χ0) is 14.5. The second-order valence-corrected chi connectivity index (χ2v) is 6.25. The van der Waals surface area contributed by atoms with Crippen LogP contribution in [0.2, 0.25) is 5.02 Å². The maximum absolute atomic E-state index is 11.4. The molecule has 0 fully saturated rings. The molecular weight excluding hydrogens is 332 g/mol. The Morgan fingerprint density at radius 1 is 1.37 bits per heavy atom. The van der Waals surface area contributed by atoms with Crippen molar-refractivity contribution in [3.63, 3.8) is 0 Å². The van der Waals surface area contributed by atoms with Gasteiger partial charge in [0.05, 0.1) is 5.02 Å². The quantitative estimate of drug-likeness (QED) is 0.807. The summed E-state index contributed by atoms with van der Waals surface area (Å²) in [5, 5.41) is 6.51. The van der Waals surface area contributed by atoms with Gasteiger partial charge < -0.3 is 15.4 Å². The van der Waals surface area contributed by atoms with Crippen LogP contribution in [-0.2, 0) is 4.74 Å². The summed E-state index contributed by atoms with van der Waals surface area (Å²) in [4.78, 5) is 11.4. The van der Waals surface area contributed by atoms with Gasteiger partial charge in [-0.15, -0.1) is 0 Å². The van der Waals surface area contributed by atoms with Gasteiger partial charge in [0.25, 0.3) is 0 Å². The van der Waals surface area contributed by atoms with Crippen LogP contribution in [0.1, 0.15) is 20.8 Å². The molecule has 6 heteroatoms. The van der Waals surface area contributed by atoms with E-state index >= 15 is 0 Å². The number of carbonyl (C=O) groups excluding carboxylic acids is 1. The van der Waals surface area contributed by atoms with Crippen LogP contribution in [0.4, 0.5) is 10.5 Å². The summed E-state index contributed by atoms with van der Waals surface area (Å²) in [6.07, 6.45) is -0.411. The number of rotatable bonds is 4. The largest absolute Gasteiger partial charge is 0.444 e. The van der Waals surface area contributed by atoms with E-state index in [1.165, 1.54) is 0 Å². The van der Waals surface area contributed by atoms with Gasteiger partial charge in [0.1, 0.15) is 5.60 Å². The van der Waals surface area contributed by atoms with Crippen molar-refractivity contribution >= 4 is 39.3 Å². The molecule has 1 aromatic rings. The number of alkyl carbamates (subject to hydrolysis) is 1. The normalized spacial score (nSPS) is 11.0. The Kier molecular flexibility index (Phi) is 5.94. The first-order valence-electron chi connectivity index (χ1n) is 5.94. The number of carbonyl (C=O) groups is 1. The van der Waals surface area contributed by atoms with Crippen LogP contribution < -0.4 is 10.6 Å². The zero-order valence-electron chi connectivity index (χ0n) is 11.2. The number of nitrogens with one attached hydrogen (secondary N) is 2. The average Bonchev–Trinajstić information content (AvgIpc) is 2.27. The maximum atomic E-state index is 11.4. The fraction of sp³-hybridized carbons (Fsp3) is 0.462. The summed E-state index contributed by atoms with van der Waals surface area (Å²) >= 11 is 9.25. The van der Waals surface area contributed by atoms with Gasteiger partial charge in [-0.25, -0.2) is 4.79 Å². The second-order valence-electron chi connectivity index (χ2n) is 4.98. The third kappa shape index (κ3) is 6.68. The topological polar surface area (TPSA) is 50.4 Å². The van der Waals surface area contributed by atoms with Crippen LogP contribution in [0.3, 0.4) is 0 Å². The van der Waals surface area contributed by atoms with Crippen molar-refractivity contribution in [3.05, 3.63) is 27.7 Å². The summed E-state index contributed by atoms with van der Waals surface area (Å²) in [7, 11) is 0. The molecule has 19 heavy (non-hydrogen) atoms. The average molecular weight is 350 g/mol. The van der Waals surface area contributed by atoms with Crippen molar-refractivity contribution in [2.75, 3.05) is 18.4 Å². The summed E-state index contributed by atoms with van der Waals surface area (Å²) in [6, 6.07) is 5.56. The molecule has 0 unspecified atom stereocenters. The number of amides is 1. The molecule has 2 N–H and O–H groups in total. The van der Waals surface area contributed by atoms with E-state index in [9.17, 15) is 4.79 Å². The van der Waals surface area contributed by atoms with Crippen LogP contribution in [0.5, 0.6) is 0 Å². The van der Waals surface area contributed by atoms with Crippen molar-refractivity contribution in [1.29, 1.82) is 0 Å². The summed E-state index contributed by atoms with van der Waals surface area (Å²) in [6.45, 7) is 6.57. The van der Waals surface area contributed by atoms with Crippen molar-refractivity contribution in [2.24, 2.45) is 0 Å². The minimum atomic E-state index is -0.474. The Bertz CT molecular complexity index is 447. The molecule has 1 rings (SSSR count). The Balaban J connectivity index is 2.27. The van der Waals surface area contributed by atoms with Crippen LogP contribution in [0.15, 0.2) is 22.7 Å². The standard InChI is InChI=1S/C13H18BrClN2O2/c1-13(2,3)19-12(18)17-7-6-16-9-4-5-11(15)10(14)8-9/h4-5,8,16H,6-7H2,1-3H3,(H,17,18). The highest BCUT2D eigenvalue weighted by molar-refractivity contribution is 9.10. The smallest absolute Gasteiger partial charge is 0.407 e. The van der Waals surface area contributed by atoms with Crippen molar-refractivity contribution in [3.8, 4) is 0 Å². The number of hydrogen-bond acceptors (Lipinski definition) is 3. The molecule has 0 aromatic heterocycles. The summed E-state index contributed by atoms with van der Waals surface area (Å²) < 4.78 is 5.95. The molecule has 4 nitrogen and oxygen atoms in total. The minimum absolute atomic E-state index is 0.411. The fourth-order valence-electron chi connectivity index (χ4n) is 1.29. The first kappa shape index (κ1) is 16.1. The van der Waals surface area contributed by atoms with Gasteiger partial charge in [0, 0.05) is 23.2 Å². The third-order valence-electron chi connectivity index (χ3n) is 2.04. The molecule has 0 aliphatic rings. The lowest BCUT2D eigenvalue weighted by Crippen LogP contribution is -2.34. The first-order valence-corrected chi connectivity index (χ1v) is 7.11. The third-order valence-corrected chi connectivity index (χ3v) is 3.26. The Hall–Kier alpha value is -0.940. The monoisotopic (exact) mass is 348 g/mol. The van der Waals surface area contributed by atoms with Crippen LogP contribution in [0.25, 0.3) is 0 Å². The fourth-order valence-corrected chi connectivity index (χ4v) is 1.79. The first-order chi connectivity index (χ1) is 8.78. The molecule has 0 bridgehead atoms. The maximum Gasteiger partial charge on any atom is 0.407 e. The lowest BCUT2D eigenvalue weighted by Gasteiger charge is -2.19. The number of anilines is 1. The van der Waals surface area contributed by atoms with Crippen LogP contribution >= 0.6 is 27.5 Å². The highest BCUT2D eigenvalue weighted by Crippen LogP contribution is 2.25. The molecule has 106 valence electrons. The lowest BCUT2D eigenvalue weighted by molar-refractivity contribution is 0.0530. The van der Waals surface area contributed by atoms with Crippen LogP contribution in [0, 0.1) is 0 Å². The Morgan fingerprint density at radius 3 is 2.63 bits per heavy atom. The molecule has 0 heterocycles. The van der Waals surface area contributed by atoms with E-state index < -0.39 is 11.7 Å². The molecule has 0 atom stereocenters. The molecule has 0 aliphatic carbocycles. The molecule has 0 aliphatic heterocycles. The Morgan fingerprint density at radius 2 is 2.05 bits per heavy atom. The van der Waals surface area contributed by atoms with E-state index in [-0.39, 0.29) is 0 Å². The highest BCUT2D eigenvalue weighted by atomic mass is 79.9. The molecule has 0 radical (unpaired) electrons. The number of ether oxygens (including phenoxy) is 1. The predicted octanol–water partition coefficient (Wildman–Crippen LogP) is 4.04. The van der Waals surface area contributed by atoms with Gasteiger partial charge >= 0.3 is 6.09 Å². The van der Waals surface area contributed by atoms with E-state index in [2.05, 4.69) is 26.6 Å². The molecule has 0 saturated heterocycles. The molecule has 0 spiro atoms. The van der Waals surface area contributed by atoms with Gasteiger partial charge in [-0.1, -0.05) is 11.6 Å². The highest BCUT2D eigenvalue weighted by Gasteiger charge is 2.15. The van der Waals surface area contributed by atoms with E-state index in [1.54, 1.807) is 6.07 Å². The number of halogens is 2. The molecule has 1 aromatic carbocycles. The van der Waals surface area contributed by atoms with Gasteiger partial charge in [0.15, 0.2) is 0 Å².